The topological polar surface area (TPSA) is 78.5 Å². The molecule has 0 radical (unpaired) electrons. The molecule has 0 atom stereocenters. The van der Waals surface area contributed by atoms with Gasteiger partial charge in [0.05, 0.1) is 18.5 Å². The molecule has 27 heavy (non-hydrogen) atoms. The first-order valence-corrected chi connectivity index (χ1v) is 10.9. The Balaban J connectivity index is 1.67. The smallest absolute Gasteiger partial charge is 0.239 e. The van der Waals surface area contributed by atoms with Crippen molar-refractivity contribution in [3.63, 3.8) is 0 Å². The molecule has 0 spiro atoms. The average Bonchev–Trinajstić information content (AvgIpc) is 2.61. The van der Waals surface area contributed by atoms with Crippen molar-refractivity contribution in [2.24, 2.45) is 0 Å². The lowest BCUT2D eigenvalue weighted by atomic mass is 10.00. The maximum atomic E-state index is 12.4. The number of nitrogens with zero attached hydrogens (tertiary/aromatic N) is 1. The van der Waals surface area contributed by atoms with Crippen molar-refractivity contribution in [3.8, 4) is 0 Å². The summed E-state index contributed by atoms with van der Waals surface area (Å²) < 4.78 is 25.7. The number of rotatable bonds is 6. The first-order valence-electron chi connectivity index (χ1n) is 8.67. The predicted molar refractivity (Wildman–Crippen MR) is 109 cm³/mol. The Bertz CT molecular complexity index is 930. The lowest BCUT2D eigenvalue weighted by Crippen LogP contribution is -2.39. The molecule has 2 N–H and O–H groups in total. The third kappa shape index (κ3) is 5.37. The normalized spacial score (nSPS) is 13.8. The van der Waals surface area contributed by atoms with Gasteiger partial charge in [0, 0.05) is 23.8 Å². The fourth-order valence-corrected chi connectivity index (χ4v) is 3.91. The summed E-state index contributed by atoms with van der Waals surface area (Å²) in [6, 6.07) is 12.8. The van der Waals surface area contributed by atoms with E-state index in [4.69, 9.17) is 11.6 Å². The van der Waals surface area contributed by atoms with Crippen molar-refractivity contribution in [1.82, 2.24) is 5.32 Å². The fourth-order valence-electron chi connectivity index (χ4n) is 3.19. The van der Waals surface area contributed by atoms with Crippen molar-refractivity contribution in [1.29, 1.82) is 0 Å². The number of carbonyl (C=O) groups excluding carboxylic acids is 1. The van der Waals surface area contributed by atoms with Crippen LogP contribution in [-0.2, 0) is 27.8 Å². The molecule has 1 amide bonds. The Kier molecular flexibility index (Phi) is 5.92. The molecule has 1 heterocycles. The Hall–Kier alpha value is -2.25. The van der Waals surface area contributed by atoms with Crippen molar-refractivity contribution >= 4 is 38.9 Å². The Labute approximate surface area is 164 Å². The largest absolute Gasteiger partial charge is 0.362 e. The van der Waals surface area contributed by atoms with Crippen molar-refractivity contribution < 1.29 is 13.2 Å². The number of nitrogens with one attached hydrogen (secondary N) is 2. The van der Waals surface area contributed by atoms with Crippen LogP contribution in [0.4, 0.5) is 11.4 Å². The highest BCUT2D eigenvalue weighted by molar-refractivity contribution is 7.92. The van der Waals surface area contributed by atoms with Crippen LogP contribution in [0.25, 0.3) is 0 Å². The molecule has 144 valence electrons. The van der Waals surface area contributed by atoms with E-state index in [1.165, 1.54) is 0 Å². The van der Waals surface area contributed by atoms with Crippen LogP contribution in [0, 0.1) is 0 Å². The van der Waals surface area contributed by atoms with E-state index < -0.39 is 10.0 Å². The number of halogens is 1. The van der Waals surface area contributed by atoms with Crippen LogP contribution in [0.3, 0.4) is 0 Å². The van der Waals surface area contributed by atoms with Gasteiger partial charge >= 0.3 is 0 Å². The van der Waals surface area contributed by atoms with E-state index >= 15 is 0 Å². The predicted octanol–water partition coefficient (Wildman–Crippen LogP) is 2.78. The monoisotopic (exact) mass is 407 g/mol. The molecule has 0 saturated carbocycles. The van der Waals surface area contributed by atoms with Gasteiger partial charge in [0.25, 0.3) is 0 Å². The number of benzene rings is 2. The van der Waals surface area contributed by atoms with Gasteiger partial charge in [0.1, 0.15) is 0 Å². The van der Waals surface area contributed by atoms with Crippen LogP contribution in [-0.4, -0.2) is 33.7 Å². The van der Waals surface area contributed by atoms with Crippen LogP contribution in [0.5, 0.6) is 0 Å². The third-order valence-corrected chi connectivity index (χ3v) is 5.22. The highest BCUT2D eigenvalue weighted by Crippen LogP contribution is 2.33. The van der Waals surface area contributed by atoms with Crippen LogP contribution < -0.4 is 14.9 Å². The first kappa shape index (κ1) is 19.5. The van der Waals surface area contributed by atoms with E-state index in [0.717, 1.165) is 42.5 Å². The van der Waals surface area contributed by atoms with Gasteiger partial charge in [-0.15, -0.1) is 0 Å². The molecule has 0 aliphatic carbocycles. The summed E-state index contributed by atoms with van der Waals surface area (Å²) >= 11 is 5.87. The Morgan fingerprint density at radius 3 is 2.63 bits per heavy atom. The van der Waals surface area contributed by atoms with Gasteiger partial charge in [-0.3, -0.25) is 9.52 Å². The maximum Gasteiger partial charge on any atom is 0.239 e. The molecule has 1 aliphatic heterocycles. The zero-order chi connectivity index (χ0) is 19.4. The molecule has 0 saturated heterocycles. The lowest BCUT2D eigenvalue weighted by Gasteiger charge is -2.32. The molecular formula is C19H22ClN3O3S. The quantitative estimate of drug-likeness (QED) is 0.771. The van der Waals surface area contributed by atoms with Gasteiger partial charge in [-0.1, -0.05) is 29.8 Å². The molecular weight excluding hydrogens is 386 g/mol. The third-order valence-electron chi connectivity index (χ3n) is 4.38. The summed E-state index contributed by atoms with van der Waals surface area (Å²) in [6.07, 6.45) is 2.77. The van der Waals surface area contributed by atoms with Crippen LogP contribution >= 0.6 is 11.6 Å². The minimum atomic E-state index is -3.35. The highest BCUT2D eigenvalue weighted by Gasteiger charge is 2.22. The molecule has 8 heteroatoms. The average molecular weight is 408 g/mol. The number of fused-ring (bicyclic) bond motifs is 1. The van der Waals surface area contributed by atoms with Gasteiger partial charge in [0.2, 0.25) is 15.9 Å². The van der Waals surface area contributed by atoms with Gasteiger partial charge in [-0.2, -0.15) is 0 Å². The molecule has 6 nitrogen and oxygen atoms in total. The zero-order valence-electron chi connectivity index (χ0n) is 15.0. The summed E-state index contributed by atoms with van der Waals surface area (Å²) in [4.78, 5) is 14.4. The van der Waals surface area contributed by atoms with Crippen molar-refractivity contribution in [2.45, 2.75) is 19.4 Å². The minimum Gasteiger partial charge on any atom is -0.362 e. The van der Waals surface area contributed by atoms with Gasteiger partial charge < -0.3 is 10.2 Å². The molecule has 0 aromatic heterocycles. The summed E-state index contributed by atoms with van der Waals surface area (Å²) in [5, 5.41) is 3.57. The van der Waals surface area contributed by atoms with Crippen molar-refractivity contribution in [3.05, 3.63) is 58.6 Å². The lowest BCUT2D eigenvalue weighted by molar-refractivity contribution is -0.119. The van der Waals surface area contributed by atoms with Gasteiger partial charge in [-0.05, 0) is 48.2 Å². The zero-order valence-corrected chi connectivity index (χ0v) is 16.6. The number of amides is 1. The Morgan fingerprint density at radius 2 is 1.93 bits per heavy atom. The number of hydrogen-bond donors (Lipinski definition) is 2. The molecule has 3 rings (SSSR count). The van der Waals surface area contributed by atoms with E-state index in [1.54, 1.807) is 24.3 Å². The molecule has 1 aliphatic rings. The molecule has 0 unspecified atom stereocenters. The van der Waals surface area contributed by atoms with E-state index in [-0.39, 0.29) is 12.5 Å². The van der Waals surface area contributed by atoms with Gasteiger partial charge in [0.15, 0.2) is 0 Å². The van der Waals surface area contributed by atoms with Crippen LogP contribution in [0.1, 0.15) is 17.5 Å². The van der Waals surface area contributed by atoms with E-state index in [0.29, 0.717) is 17.3 Å². The molecule has 0 fully saturated rings. The fraction of sp³-hybridized carbons (Fsp3) is 0.316. The summed E-state index contributed by atoms with van der Waals surface area (Å²) in [6.45, 7) is 1.42. The number of carbonyl (C=O) groups is 1. The molecule has 2 aromatic rings. The second-order valence-electron chi connectivity index (χ2n) is 6.61. The van der Waals surface area contributed by atoms with Crippen LogP contribution in [0.2, 0.25) is 5.02 Å². The van der Waals surface area contributed by atoms with Crippen molar-refractivity contribution in [2.75, 3.05) is 29.0 Å². The standard InChI is InChI=1S/C19H22ClN3O3S/c1-27(25,26)22-17-5-2-6-18-16(17)4-3-11-23(18)13-19(24)21-12-14-7-9-15(20)10-8-14/h2,5-10,22H,3-4,11-13H2,1H3,(H,21,24). The maximum absolute atomic E-state index is 12.4. The first-order chi connectivity index (χ1) is 12.8. The molecule has 0 bridgehead atoms. The summed E-state index contributed by atoms with van der Waals surface area (Å²) in [5.41, 5.74) is 3.39. The number of anilines is 2. The summed E-state index contributed by atoms with van der Waals surface area (Å²) in [7, 11) is -3.35. The SMILES string of the molecule is CS(=O)(=O)Nc1cccc2c1CCCN2CC(=O)NCc1ccc(Cl)cc1. The molecule has 2 aromatic carbocycles. The number of sulfonamides is 1. The minimum absolute atomic E-state index is 0.0840. The van der Waals surface area contributed by atoms with Gasteiger partial charge in [-0.25, -0.2) is 8.42 Å². The van der Waals surface area contributed by atoms with E-state index in [9.17, 15) is 13.2 Å². The Morgan fingerprint density at radius 1 is 1.19 bits per heavy atom. The van der Waals surface area contributed by atoms with E-state index in [2.05, 4.69) is 10.0 Å². The van der Waals surface area contributed by atoms with E-state index in [1.807, 2.05) is 23.1 Å². The number of hydrogen-bond acceptors (Lipinski definition) is 4. The second kappa shape index (κ2) is 8.19. The summed E-state index contributed by atoms with van der Waals surface area (Å²) in [5.74, 6) is -0.0840. The second-order valence-corrected chi connectivity index (χ2v) is 8.79. The van der Waals surface area contributed by atoms with Crippen LogP contribution in [0.15, 0.2) is 42.5 Å². The highest BCUT2D eigenvalue weighted by atomic mass is 35.5.